The summed E-state index contributed by atoms with van der Waals surface area (Å²) in [5.41, 5.74) is 1.37. The fourth-order valence-electron chi connectivity index (χ4n) is 3.30. The van der Waals surface area contributed by atoms with Crippen LogP contribution in [0.3, 0.4) is 0 Å². The fraction of sp³-hybridized carbons (Fsp3) is 0.368. The lowest BCUT2D eigenvalue weighted by Crippen LogP contribution is -2.24. The van der Waals surface area contributed by atoms with Gasteiger partial charge in [-0.3, -0.25) is 4.90 Å². The van der Waals surface area contributed by atoms with E-state index in [4.69, 9.17) is 4.74 Å². The van der Waals surface area contributed by atoms with Crippen LogP contribution in [0, 0.1) is 0 Å². The Morgan fingerprint density at radius 1 is 1.14 bits per heavy atom. The van der Waals surface area contributed by atoms with Crippen LogP contribution in [0.15, 0.2) is 42.6 Å². The second-order valence-corrected chi connectivity index (χ2v) is 6.81. The van der Waals surface area contributed by atoms with E-state index in [2.05, 4.69) is 15.0 Å². The number of halogens is 4. The van der Waals surface area contributed by atoms with Crippen molar-refractivity contribution < 1.29 is 22.3 Å². The third-order valence-corrected chi connectivity index (χ3v) is 4.70. The largest absolute Gasteiger partial charge is 0.416 e. The molecule has 1 aliphatic heterocycles. The normalized spacial score (nSPS) is 20.9. The van der Waals surface area contributed by atoms with Crippen molar-refractivity contribution in [3.8, 4) is 0 Å². The van der Waals surface area contributed by atoms with Crippen molar-refractivity contribution in [2.45, 2.75) is 31.6 Å². The average molecular weight is 394 g/mol. The van der Waals surface area contributed by atoms with Crippen LogP contribution in [0.1, 0.15) is 17.0 Å². The highest BCUT2D eigenvalue weighted by Crippen LogP contribution is 2.29. The maximum Gasteiger partial charge on any atom is 0.416 e. The molecule has 9 heteroatoms. The van der Waals surface area contributed by atoms with Crippen LogP contribution in [-0.2, 0) is 24.1 Å². The number of nitrogens with one attached hydrogen (secondary N) is 1. The summed E-state index contributed by atoms with van der Waals surface area (Å²) < 4.78 is 57.9. The number of aromatic amines is 1. The topological polar surface area (TPSA) is 54.0 Å². The number of nitrogens with zero attached hydrogens (tertiary/aromatic N) is 3. The van der Waals surface area contributed by atoms with Gasteiger partial charge in [-0.25, -0.2) is 14.4 Å². The van der Waals surface area contributed by atoms with Gasteiger partial charge in [0.05, 0.1) is 11.1 Å². The highest BCUT2D eigenvalue weighted by atomic mass is 19.4. The zero-order valence-electron chi connectivity index (χ0n) is 14.8. The number of hydrogen-bond donors (Lipinski definition) is 1. The zero-order chi connectivity index (χ0) is 19.7. The molecule has 28 heavy (non-hydrogen) atoms. The summed E-state index contributed by atoms with van der Waals surface area (Å²) in [6, 6.07) is 8.57. The Kier molecular flexibility index (Phi) is 5.03. The molecule has 3 aromatic rings. The van der Waals surface area contributed by atoms with E-state index in [-0.39, 0.29) is 13.2 Å². The van der Waals surface area contributed by atoms with Crippen LogP contribution >= 0.6 is 0 Å². The van der Waals surface area contributed by atoms with E-state index in [0.717, 1.165) is 17.6 Å². The Morgan fingerprint density at radius 3 is 2.64 bits per heavy atom. The van der Waals surface area contributed by atoms with Gasteiger partial charge in [0.2, 0.25) is 0 Å². The summed E-state index contributed by atoms with van der Waals surface area (Å²) >= 11 is 0. The molecule has 5 nitrogen and oxygen atoms in total. The Balaban J connectivity index is 1.32. The van der Waals surface area contributed by atoms with Crippen molar-refractivity contribution in [2.24, 2.45) is 0 Å². The van der Waals surface area contributed by atoms with Crippen LogP contribution in [0.2, 0.25) is 0 Å². The molecule has 0 bridgehead atoms. The number of hydrogen-bond acceptors (Lipinski definition) is 4. The van der Waals surface area contributed by atoms with Crippen LogP contribution in [0.4, 0.5) is 17.6 Å². The van der Waals surface area contributed by atoms with E-state index >= 15 is 0 Å². The monoisotopic (exact) mass is 394 g/mol. The molecular formula is C19H18F4N4O. The summed E-state index contributed by atoms with van der Waals surface area (Å²) in [5, 5.41) is 0. The number of H-pyrrole nitrogens is 1. The lowest BCUT2D eigenvalue weighted by Gasteiger charge is -2.16. The predicted molar refractivity (Wildman–Crippen MR) is 94.1 cm³/mol. The molecule has 2 atom stereocenters. The van der Waals surface area contributed by atoms with Gasteiger partial charge in [0.15, 0.2) is 5.65 Å². The number of fused-ring (bicyclic) bond motifs is 1. The van der Waals surface area contributed by atoms with Crippen molar-refractivity contribution in [3.63, 3.8) is 0 Å². The molecule has 0 radical (unpaired) electrons. The molecule has 1 fully saturated rings. The molecule has 1 aliphatic rings. The number of benzene rings is 1. The molecular weight excluding hydrogens is 376 g/mol. The maximum atomic E-state index is 14.3. The number of pyridine rings is 1. The fourth-order valence-corrected chi connectivity index (χ4v) is 3.30. The van der Waals surface area contributed by atoms with Gasteiger partial charge < -0.3 is 9.72 Å². The van der Waals surface area contributed by atoms with Gasteiger partial charge in [-0.2, -0.15) is 13.2 Å². The molecule has 2 aromatic heterocycles. The molecule has 1 saturated heterocycles. The highest BCUT2D eigenvalue weighted by Gasteiger charge is 2.34. The second kappa shape index (κ2) is 7.48. The van der Waals surface area contributed by atoms with Crippen molar-refractivity contribution >= 4 is 11.2 Å². The summed E-state index contributed by atoms with van der Waals surface area (Å²) in [5.74, 6) is 0.571. The molecule has 1 N–H and O–H groups in total. The van der Waals surface area contributed by atoms with Crippen molar-refractivity contribution in [1.29, 1.82) is 0 Å². The van der Waals surface area contributed by atoms with E-state index in [1.165, 1.54) is 12.1 Å². The number of aromatic nitrogens is 3. The van der Waals surface area contributed by atoms with Gasteiger partial charge in [0.1, 0.15) is 24.7 Å². The molecule has 4 rings (SSSR count). The van der Waals surface area contributed by atoms with Crippen molar-refractivity contribution in [3.05, 3.63) is 59.5 Å². The van der Waals surface area contributed by atoms with E-state index < -0.39 is 24.0 Å². The first-order valence-corrected chi connectivity index (χ1v) is 8.82. The van der Waals surface area contributed by atoms with Crippen LogP contribution in [-0.4, -0.2) is 45.2 Å². The van der Waals surface area contributed by atoms with E-state index in [9.17, 15) is 17.6 Å². The Morgan fingerprint density at radius 2 is 1.93 bits per heavy atom. The van der Waals surface area contributed by atoms with Crippen LogP contribution in [0.25, 0.3) is 11.2 Å². The first-order valence-electron chi connectivity index (χ1n) is 8.82. The summed E-state index contributed by atoms with van der Waals surface area (Å²) in [6.07, 6.45) is -4.50. The minimum absolute atomic E-state index is 0.134. The van der Waals surface area contributed by atoms with Crippen LogP contribution < -0.4 is 0 Å². The minimum atomic E-state index is -4.36. The van der Waals surface area contributed by atoms with Crippen molar-refractivity contribution in [2.75, 3.05) is 13.1 Å². The number of likely N-dealkylation sites (tertiary alicyclic amines) is 1. The molecule has 0 amide bonds. The summed E-state index contributed by atoms with van der Waals surface area (Å²) in [7, 11) is 0. The average Bonchev–Trinajstić information content (AvgIpc) is 3.22. The maximum absolute atomic E-state index is 14.3. The molecule has 1 aromatic carbocycles. The molecule has 0 spiro atoms. The standard InChI is InChI=1S/C19H18F4N4O/c20-14-9-27(8-12-3-5-13(6-4-12)19(21,22)23)10-16(14)28-11-17-25-15-2-1-7-24-18(15)26-17/h1-7,14,16H,8-11H2,(H,24,25,26)/t14-,16+/m1/s1. The van der Waals surface area contributed by atoms with Gasteiger partial charge in [0, 0.05) is 25.8 Å². The lowest BCUT2D eigenvalue weighted by molar-refractivity contribution is -0.137. The van der Waals surface area contributed by atoms with Crippen LogP contribution in [0.5, 0.6) is 0 Å². The third kappa shape index (κ3) is 4.15. The first kappa shape index (κ1) is 18.8. The Hall–Kier alpha value is -2.52. The van der Waals surface area contributed by atoms with E-state index in [1.54, 1.807) is 12.3 Å². The SMILES string of the molecule is F[C@@H]1CN(Cc2ccc(C(F)(F)F)cc2)C[C@@H]1OCc1nc2ncccc2[nH]1. The van der Waals surface area contributed by atoms with Gasteiger partial charge in [-0.05, 0) is 29.8 Å². The number of alkyl halides is 4. The molecule has 0 unspecified atom stereocenters. The number of ether oxygens (including phenoxy) is 1. The second-order valence-electron chi connectivity index (χ2n) is 6.81. The van der Waals surface area contributed by atoms with Gasteiger partial charge in [-0.1, -0.05) is 12.1 Å². The lowest BCUT2D eigenvalue weighted by atomic mass is 10.1. The number of imidazole rings is 1. The first-order chi connectivity index (χ1) is 13.4. The predicted octanol–water partition coefficient (Wildman–Crippen LogP) is 3.72. The Bertz CT molecular complexity index is 908. The molecule has 0 aliphatic carbocycles. The summed E-state index contributed by atoms with van der Waals surface area (Å²) in [6.45, 7) is 1.04. The zero-order valence-corrected chi connectivity index (χ0v) is 14.8. The third-order valence-electron chi connectivity index (χ3n) is 4.70. The summed E-state index contributed by atoms with van der Waals surface area (Å²) in [4.78, 5) is 13.3. The number of rotatable bonds is 5. The molecule has 0 saturated carbocycles. The van der Waals surface area contributed by atoms with E-state index in [0.29, 0.717) is 30.1 Å². The van der Waals surface area contributed by atoms with Gasteiger partial charge in [0.25, 0.3) is 0 Å². The van der Waals surface area contributed by atoms with Gasteiger partial charge in [-0.15, -0.1) is 0 Å². The highest BCUT2D eigenvalue weighted by molar-refractivity contribution is 5.69. The quantitative estimate of drug-likeness (QED) is 0.671. The van der Waals surface area contributed by atoms with Gasteiger partial charge >= 0.3 is 6.18 Å². The van der Waals surface area contributed by atoms with E-state index in [1.807, 2.05) is 11.0 Å². The molecule has 3 heterocycles. The smallest absolute Gasteiger partial charge is 0.366 e. The van der Waals surface area contributed by atoms with Crippen molar-refractivity contribution in [1.82, 2.24) is 19.9 Å². The Labute approximate surface area is 158 Å². The molecule has 148 valence electrons. The minimum Gasteiger partial charge on any atom is -0.366 e.